The number of hydrogen-bond donors (Lipinski definition) is 2. The van der Waals surface area contributed by atoms with E-state index in [1.54, 1.807) is 31.5 Å². The fourth-order valence-corrected chi connectivity index (χ4v) is 4.53. The Morgan fingerprint density at radius 1 is 1.39 bits per heavy atom. The second-order valence-corrected chi connectivity index (χ2v) is 9.89. The maximum absolute atomic E-state index is 12.4. The summed E-state index contributed by atoms with van der Waals surface area (Å²) < 4.78 is 11.2. The highest BCUT2D eigenvalue weighted by atomic mass is 32.2. The number of nitrogens with one attached hydrogen (secondary N) is 2. The molecule has 1 aliphatic carbocycles. The summed E-state index contributed by atoms with van der Waals surface area (Å²) in [5.41, 5.74) is 0.587. The summed E-state index contributed by atoms with van der Waals surface area (Å²) in [6, 6.07) is 5.40. The number of ether oxygens (including phenoxy) is 2. The number of carbonyl (C=O) groups is 2. The van der Waals surface area contributed by atoms with E-state index in [0.29, 0.717) is 39.0 Å². The lowest BCUT2D eigenvalue weighted by atomic mass is 10.3. The molecule has 9 nitrogen and oxygen atoms in total. The Morgan fingerprint density at radius 3 is 2.94 bits per heavy atom. The normalized spacial score (nSPS) is 18.1. The molecule has 4 rings (SSSR count). The first kappa shape index (κ1) is 23.3. The van der Waals surface area contributed by atoms with Gasteiger partial charge in [-0.25, -0.2) is 9.98 Å². The third-order valence-corrected chi connectivity index (χ3v) is 6.58. The average molecular weight is 488 g/mol. The standard InChI is InChI=1S/C22H25N5O4S2/c1-27(2)8-9-31-14-6-7-16(17(10-14)30-3)24-22-26-20(29)18(33-22)11-15-12-23-21(32-15)25-19(28)13-4-5-13/h6-7,10-13H,4-5,8-9H2,1-3H3,(H,23,25,28)(H,24,26,29)/b18-11-. The zero-order chi connectivity index (χ0) is 23.4. The second kappa shape index (κ2) is 10.4. The van der Waals surface area contributed by atoms with E-state index >= 15 is 0 Å². The van der Waals surface area contributed by atoms with Crippen molar-refractivity contribution in [2.45, 2.75) is 12.8 Å². The largest absolute Gasteiger partial charge is 0.494 e. The lowest BCUT2D eigenvalue weighted by Gasteiger charge is -2.12. The molecular weight excluding hydrogens is 462 g/mol. The van der Waals surface area contributed by atoms with Gasteiger partial charge in [0.15, 0.2) is 10.3 Å². The van der Waals surface area contributed by atoms with Crippen molar-refractivity contribution in [1.82, 2.24) is 15.2 Å². The number of thiazole rings is 1. The van der Waals surface area contributed by atoms with Crippen molar-refractivity contribution in [3.05, 3.63) is 34.2 Å². The Balaban J connectivity index is 1.42. The van der Waals surface area contributed by atoms with Gasteiger partial charge >= 0.3 is 0 Å². The highest BCUT2D eigenvalue weighted by Gasteiger charge is 2.30. The van der Waals surface area contributed by atoms with Gasteiger partial charge in [-0.3, -0.25) is 9.59 Å². The van der Waals surface area contributed by atoms with Crippen molar-refractivity contribution in [3.8, 4) is 11.5 Å². The molecule has 2 amide bonds. The molecule has 0 spiro atoms. The first-order valence-corrected chi connectivity index (χ1v) is 12.1. The van der Waals surface area contributed by atoms with Crippen molar-refractivity contribution in [3.63, 3.8) is 0 Å². The highest BCUT2D eigenvalue weighted by Crippen LogP contribution is 2.35. The molecule has 1 aromatic carbocycles. The van der Waals surface area contributed by atoms with Crippen molar-refractivity contribution in [1.29, 1.82) is 0 Å². The monoisotopic (exact) mass is 487 g/mol. The molecule has 11 heteroatoms. The van der Waals surface area contributed by atoms with E-state index in [1.807, 2.05) is 25.1 Å². The molecule has 2 fully saturated rings. The molecule has 0 radical (unpaired) electrons. The molecule has 2 aliphatic rings. The third kappa shape index (κ3) is 6.34. The first-order valence-electron chi connectivity index (χ1n) is 10.4. The molecule has 1 aromatic heterocycles. The number of hydrogen-bond acceptors (Lipinski definition) is 9. The maximum Gasteiger partial charge on any atom is 0.264 e. The van der Waals surface area contributed by atoms with Crippen LogP contribution in [0.4, 0.5) is 10.8 Å². The molecule has 2 aromatic rings. The zero-order valence-electron chi connectivity index (χ0n) is 18.6. The molecule has 174 valence electrons. The fraction of sp³-hybridized carbons (Fsp3) is 0.364. The predicted octanol–water partition coefficient (Wildman–Crippen LogP) is 3.33. The molecule has 0 bridgehead atoms. The van der Waals surface area contributed by atoms with Crippen LogP contribution in [-0.4, -0.2) is 61.2 Å². The lowest BCUT2D eigenvalue weighted by Crippen LogP contribution is -2.19. The highest BCUT2D eigenvalue weighted by molar-refractivity contribution is 8.18. The molecule has 1 saturated carbocycles. The van der Waals surface area contributed by atoms with Crippen LogP contribution >= 0.6 is 23.1 Å². The van der Waals surface area contributed by atoms with E-state index in [-0.39, 0.29) is 17.7 Å². The van der Waals surface area contributed by atoms with E-state index in [2.05, 4.69) is 20.6 Å². The van der Waals surface area contributed by atoms with Gasteiger partial charge in [-0.2, -0.15) is 0 Å². The molecule has 1 saturated heterocycles. The van der Waals surface area contributed by atoms with Crippen molar-refractivity contribution >= 4 is 57.0 Å². The molecular formula is C22H25N5O4S2. The van der Waals surface area contributed by atoms with Crippen LogP contribution in [0.1, 0.15) is 17.7 Å². The van der Waals surface area contributed by atoms with E-state index in [1.165, 1.54) is 23.1 Å². The quantitative estimate of drug-likeness (QED) is 0.523. The van der Waals surface area contributed by atoms with Gasteiger partial charge in [-0.15, -0.1) is 0 Å². The third-order valence-electron chi connectivity index (χ3n) is 4.81. The Kier molecular flexibility index (Phi) is 7.31. The molecule has 2 N–H and O–H groups in total. The van der Waals surface area contributed by atoms with Crippen LogP contribution in [0, 0.1) is 5.92 Å². The van der Waals surface area contributed by atoms with E-state index in [0.717, 1.165) is 24.3 Å². The Hall–Kier alpha value is -2.89. The van der Waals surface area contributed by atoms with Gasteiger partial charge in [0.25, 0.3) is 5.91 Å². The van der Waals surface area contributed by atoms with Crippen molar-refractivity contribution in [2.24, 2.45) is 10.9 Å². The summed E-state index contributed by atoms with van der Waals surface area (Å²) in [5.74, 6) is 1.13. The molecule has 33 heavy (non-hydrogen) atoms. The molecule has 0 atom stereocenters. The smallest absolute Gasteiger partial charge is 0.264 e. The second-order valence-electron chi connectivity index (χ2n) is 7.80. The van der Waals surface area contributed by atoms with Crippen LogP contribution in [0.15, 0.2) is 34.3 Å². The Morgan fingerprint density at radius 2 is 2.21 bits per heavy atom. The van der Waals surface area contributed by atoms with Gasteiger partial charge in [0, 0.05) is 24.7 Å². The van der Waals surface area contributed by atoms with Crippen LogP contribution in [-0.2, 0) is 9.59 Å². The first-order chi connectivity index (χ1) is 15.9. The van der Waals surface area contributed by atoms with Crippen LogP contribution in [0.2, 0.25) is 0 Å². The zero-order valence-corrected chi connectivity index (χ0v) is 20.2. The number of rotatable bonds is 9. The number of amides is 2. The molecule has 0 unspecified atom stereocenters. The fourth-order valence-electron chi connectivity index (χ4n) is 2.87. The summed E-state index contributed by atoms with van der Waals surface area (Å²) in [6.07, 6.45) is 5.25. The predicted molar refractivity (Wildman–Crippen MR) is 131 cm³/mol. The van der Waals surface area contributed by atoms with Gasteiger partial charge in [0.2, 0.25) is 5.91 Å². The topological polar surface area (TPSA) is 105 Å². The Bertz CT molecular complexity index is 1110. The number of amidine groups is 1. The number of aliphatic imine (C=N–C) groups is 1. The number of likely N-dealkylation sites (N-methyl/N-ethyl adjacent to an activating group) is 1. The van der Waals surface area contributed by atoms with E-state index in [9.17, 15) is 9.59 Å². The van der Waals surface area contributed by atoms with Gasteiger partial charge < -0.3 is 25.0 Å². The SMILES string of the molecule is COc1cc(OCCN(C)C)ccc1N=C1NC(=O)/C(=C/c2cnc(NC(=O)C3CC3)s2)S1. The van der Waals surface area contributed by atoms with Gasteiger partial charge in [0.1, 0.15) is 23.8 Å². The Labute approximate surface area is 200 Å². The van der Waals surface area contributed by atoms with Crippen LogP contribution < -0.4 is 20.1 Å². The maximum atomic E-state index is 12.4. The molecule has 2 heterocycles. The number of carbonyl (C=O) groups excluding carboxylic acids is 2. The van der Waals surface area contributed by atoms with E-state index in [4.69, 9.17) is 9.47 Å². The minimum atomic E-state index is -0.238. The van der Waals surface area contributed by atoms with Crippen LogP contribution in [0.25, 0.3) is 6.08 Å². The minimum absolute atomic E-state index is 0.00835. The minimum Gasteiger partial charge on any atom is -0.494 e. The summed E-state index contributed by atoms with van der Waals surface area (Å²) in [4.78, 5) is 36.4. The number of anilines is 1. The summed E-state index contributed by atoms with van der Waals surface area (Å²) in [7, 11) is 5.54. The van der Waals surface area contributed by atoms with Crippen molar-refractivity contribution < 1.29 is 19.1 Å². The number of nitrogens with zero attached hydrogens (tertiary/aromatic N) is 3. The van der Waals surface area contributed by atoms with Gasteiger partial charge in [0.05, 0.1) is 16.9 Å². The van der Waals surface area contributed by atoms with E-state index < -0.39 is 0 Å². The summed E-state index contributed by atoms with van der Waals surface area (Å²) in [5, 5.41) is 6.59. The van der Waals surface area contributed by atoms with Crippen LogP contribution in [0.5, 0.6) is 11.5 Å². The summed E-state index contributed by atoms with van der Waals surface area (Å²) in [6.45, 7) is 1.37. The van der Waals surface area contributed by atoms with Crippen LogP contribution in [0.3, 0.4) is 0 Å². The van der Waals surface area contributed by atoms with Gasteiger partial charge in [-0.05, 0) is 56.9 Å². The summed E-state index contributed by atoms with van der Waals surface area (Å²) >= 11 is 2.56. The molecule has 1 aliphatic heterocycles. The average Bonchev–Trinajstić information content (AvgIpc) is 3.46. The number of thioether (sulfide) groups is 1. The number of aromatic nitrogens is 1. The van der Waals surface area contributed by atoms with Crippen molar-refractivity contribution in [2.75, 3.05) is 39.7 Å². The van der Waals surface area contributed by atoms with Gasteiger partial charge in [-0.1, -0.05) is 11.3 Å². The number of benzene rings is 1. The lowest BCUT2D eigenvalue weighted by molar-refractivity contribution is -0.117. The number of methoxy groups -OCH3 is 1.